The van der Waals surface area contributed by atoms with E-state index >= 15 is 0 Å². The van der Waals surface area contributed by atoms with Gasteiger partial charge in [0.1, 0.15) is 0 Å². The largest absolute Gasteiger partial charge is 0.348 e. The summed E-state index contributed by atoms with van der Waals surface area (Å²) in [6.45, 7) is 2.99. The summed E-state index contributed by atoms with van der Waals surface area (Å²) in [7, 11) is 0. The van der Waals surface area contributed by atoms with Gasteiger partial charge in [0, 0.05) is 12.7 Å². The Morgan fingerprint density at radius 3 is 2.43 bits per heavy atom. The molecule has 1 fully saturated rings. The van der Waals surface area contributed by atoms with Crippen LogP contribution in [0.1, 0.15) is 30.1 Å². The van der Waals surface area contributed by atoms with Crippen molar-refractivity contribution in [2.75, 3.05) is 11.4 Å². The zero-order valence-electron chi connectivity index (χ0n) is 13.1. The molecule has 0 bridgehead atoms. The van der Waals surface area contributed by atoms with Gasteiger partial charge in [-0.25, -0.2) is 4.68 Å². The van der Waals surface area contributed by atoms with E-state index in [1.165, 1.54) is 12.0 Å². The molecule has 23 heavy (non-hydrogen) atoms. The topological polar surface area (TPSA) is 46.8 Å². The van der Waals surface area contributed by atoms with Crippen LogP contribution in [-0.4, -0.2) is 26.5 Å². The van der Waals surface area contributed by atoms with Crippen LogP contribution in [0.4, 0.5) is 5.82 Å². The lowest BCUT2D eigenvalue weighted by atomic mass is 10.0. The molecule has 0 radical (unpaired) electrons. The summed E-state index contributed by atoms with van der Waals surface area (Å²) in [6.07, 6.45) is 4.24. The summed E-state index contributed by atoms with van der Waals surface area (Å²) < 4.78 is 1.75. The smallest absolute Gasteiger partial charge is 0.175 e. The highest BCUT2D eigenvalue weighted by Gasteiger charge is 2.27. The van der Waals surface area contributed by atoms with Crippen LogP contribution in [0, 0.1) is 6.92 Å². The molecule has 5 heteroatoms. The first-order valence-electron chi connectivity index (χ1n) is 7.99. The summed E-state index contributed by atoms with van der Waals surface area (Å²) in [5.41, 5.74) is 2.32. The van der Waals surface area contributed by atoms with Crippen molar-refractivity contribution in [1.82, 2.24) is 20.0 Å². The van der Waals surface area contributed by atoms with Crippen molar-refractivity contribution in [2.24, 2.45) is 0 Å². The zero-order chi connectivity index (χ0) is 15.6. The summed E-state index contributed by atoms with van der Waals surface area (Å²) in [5.74, 6) is 1.68. The first-order valence-corrected chi connectivity index (χ1v) is 7.99. The Morgan fingerprint density at radius 2 is 1.74 bits per heavy atom. The minimum absolute atomic E-state index is 0.392. The van der Waals surface area contributed by atoms with E-state index in [0.717, 1.165) is 30.3 Å². The van der Waals surface area contributed by atoms with Crippen LogP contribution < -0.4 is 4.90 Å². The molecular formula is C18H19N5. The van der Waals surface area contributed by atoms with E-state index in [1.807, 2.05) is 31.3 Å². The van der Waals surface area contributed by atoms with Crippen molar-refractivity contribution in [3.63, 3.8) is 0 Å². The van der Waals surface area contributed by atoms with Gasteiger partial charge in [-0.05, 0) is 43.5 Å². The van der Waals surface area contributed by atoms with Gasteiger partial charge in [-0.2, -0.15) is 5.10 Å². The number of nitrogens with zero attached hydrogens (tertiary/aromatic N) is 5. The Hall–Kier alpha value is -2.69. The average Bonchev–Trinajstić information content (AvgIpc) is 3.25. The molecule has 1 aliphatic rings. The summed E-state index contributed by atoms with van der Waals surface area (Å²) in [6, 6.07) is 17.0. The second kappa shape index (κ2) is 5.83. The Balaban J connectivity index is 1.60. The number of anilines is 1. The standard InChI is InChI=1S/C18H19N5/c1-14-11-13-23(21-14)18-10-9-17(19-20-18)22-12-5-8-16(22)15-6-3-2-4-7-15/h2-4,6-7,9-11,13,16H,5,8,12H2,1H3. The molecule has 0 saturated carbocycles. The van der Waals surface area contributed by atoms with E-state index < -0.39 is 0 Å². The molecule has 4 rings (SSSR count). The second-order valence-electron chi connectivity index (χ2n) is 5.91. The van der Waals surface area contributed by atoms with Crippen LogP contribution in [0.2, 0.25) is 0 Å². The molecule has 1 aliphatic heterocycles. The van der Waals surface area contributed by atoms with Crippen LogP contribution >= 0.6 is 0 Å². The van der Waals surface area contributed by atoms with Crippen molar-refractivity contribution in [3.8, 4) is 5.82 Å². The van der Waals surface area contributed by atoms with Crippen LogP contribution in [0.15, 0.2) is 54.7 Å². The quantitative estimate of drug-likeness (QED) is 0.745. The lowest BCUT2D eigenvalue weighted by Gasteiger charge is -2.25. The molecule has 1 saturated heterocycles. The van der Waals surface area contributed by atoms with E-state index in [-0.39, 0.29) is 0 Å². The van der Waals surface area contributed by atoms with Gasteiger partial charge in [-0.3, -0.25) is 0 Å². The molecular weight excluding hydrogens is 286 g/mol. The molecule has 2 aromatic heterocycles. The van der Waals surface area contributed by atoms with Crippen molar-refractivity contribution in [1.29, 1.82) is 0 Å². The van der Waals surface area contributed by atoms with Crippen LogP contribution in [-0.2, 0) is 0 Å². The number of hydrogen-bond donors (Lipinski definition) is 0. The van der Waals surface area contributed by atoms with E-state index in [1.54, 1.807) is 4.68 Å². The van der Waals surface area contributed by atoms with Crippen molar-refractivity contribution in [3.05, 3.63) is 66.0 Å². The second-order valence-corrected chi connectivity index (χ2v) is 5.91. The fourth-order valence-electron chi connectivity index (χ4n) is 3.20. The Bertz CT molecular complexity index is 779. The number of benzene rings is 1. The molecule has 1 unspecified atom stereocenters. The SMILES string of the molecule is Cc1ccn(-c2ccc(N3CCCC3c3ccccc3)nn2)n1. The van der Waals surface area contributed by atoms with Gasteiger partial charge in [0.15, 0.2) is 11.6 Å². The number of rotatable bonds is 3. The Morgan fingerprint density at radius 1 is 0.957 bits per heavy atom. The van der Waals surface area contributed by atoms with Crippen molar-refractivity contribution in [2.45, 2.75) is 25.8 Å². The molecule has 5 nitrogen and oxygen atoms in total. The van der Waals surface area contributed by atoms with Gasteiger partial charge in [-0.1, -0.05) is 30.3 Å². The third-order valence-corrected chi connectivity index (χ3v) is 4.32. The maximum atomic E-state index is 4.44. The normalized spacial score (nSPS) is 17.6. The molecule has 3 heterocycles. The van der Waals surface area contributed by atoms with Gasteiger partial charge < -0.3 is 4.90 Å². The maximum absolute atomic E-state index is 4.44. The van der Waals surface area contributed by atoms with Gasteiger partial charge in [0.05, 0.1) is 11.7 Å². The third kappa shape index (κ3) is 2.70. The maximum Gasteiger partial charge on any atom is 0.175 e. The van der Waals surface area contributed by atoms with Crippen LogP contribution in [0.25, 0.3) is 5.82 Å². The summed E-state index contributed by atoms with van der Waals surface area (Å²) in [5, 5.41) is 13.2. The Kier molecular flexibility index (Phi) is 3.54. The highest BCUT2D eigenvalue weighted by atomic mass is 15.4. The molecule has 0 spiro atoms. The molecule has 0 aliphatic carbocycles. The highest BCUT2D eigenvalue weighted by Crippen LogP contribution is 2.34. The van der Waals surface area contributed by atoms with E-state index in [0.29, 0.717) is 6.04 Å². The highest BCUT2D eigenvalue weighted by molar-refractivity contribution is 5.44. The third-order valence-electron chi connectivity index (χ3n) is 4.32. The molecule has 0 N–H and O–H groups in total. The summed E-state index contributed by atoms with van der Waals surface area (Å²) >= 11 is 0. The van der Waals surface area contributed by atoms with Gasteiger partial charge in [0.25, 0.3) is 0 Å². The minimum atomic E-state index is 0.392. The predicted molar refractivity (Wildman–Crippen MR) is 89.7 cm³/mol. The van der Waals surface area contributed by atoms with Crippen LogP contribution in [0.5, 0.6) is 0 Å². The van der Waals surface area contributed by atoms with Crippen molar-refractivity contribution < 1.29 is 0 Å². The van der Waals surface area contributed by atoms with Gasteiger partial charge in [-0.15, -0.1) is 10.2 Å². The molecule has 0 amide bonds. The summed E-state index contributed by atoms with van der Waals surface area (Å²) in [4.78, 5) is 2.35. The molecule has 1 atom stereocenters. The average molecular weight is 305 g/mol. The van der Waals surface area contributed by atoms with Gasteiger partial charge >= 0.3 is 0 Å². The predicted octanol–water partition coefficient (Wildman–Crippen LogP) is 3.31. The lowest BCUT2D eigenvalue weighted by molar-refractivity contribution is 0.701. The van der Waals surface area contributed by atoms with E-state index in [9.17, 15) is 0 Å². The number of aromatic nitrogens is 4. The number of aryl methyl sites for hydroxylation is 1. The lowest BCUT2D eigenvalue weighted by Crippen LogP contribution is -2.24. The van der Waals surface area contributed by atoms with Gasteiger partial charge in [0.2, 0.25) is 0 Å². The molecule has 116 valence electrons. The minimum Gasteiger partial charge on any atom is -0.348 e. The first-order chi connectivity index (χ1) is 11.3. The van der Waals surface area contributed by atoms with E-state index in [4.69, 9.17) is 0 Å². The molecule has 1 aromatic carbocycles. The van der Waals surface area contributed by atoms with Crippen molar-refractivity contribution >= 4 is 5.82 Å². The molecule has 3 aromatic rings. The first kappa shape index (κ1) is 13.9. The fraction of sp³-hybridized carbons (Fsp3) is 0.278. The van der Waals surface area contributed by atoms with E-state index in [2.05, 4.69) is 50.5 Å². The van der Waals surface area contributed by atoms with Crippen LogP contribution in [0.3, 0.4) is 0 Å². The zero-order valence-corrected chi connectivity index (χ0v) is 13.1. The fourth-order valence-corrected chi connectivity index (χ4v) is 3.20. The monoisotopic (exact) mass is 305 g/mol. The Labute approximate surface area is 135 Å². The number of hydrogen-bond acceptors (Lipinski definition) is 4.